The molecule has 0 N–H and O–H groups in total. The van der Waals surface area contributed by atoms with E-state index < -0.39 is 54.3 Å². The molecule has 3 amide bonds. The van der Waals surface area contributed by atoms with E-state index in [0.717, 1.165) is 24.3 Å². The number of hydrogen-bond acceptors (Lipinski definition) is 10. The van der Waals surface area contributed by atoms with Gasteiger partial charge in [-0.1, -0.05) is 0 Å². The number of amides is 3. The zero-order valence-corrected chi connectivity index (χ0v) is 24.2. The molecule has 0 bridgehead atoms. The topological polar surface area (TPSA) is 130 Å². The lowest BCUT2D eigenvalue weighted by Crippen LogP contribution is -2.42. The van der Waals surface area contributed by atoms with E-state index in [1.165, 1.54) is 38.6 Å². The van der Waals surface area contributed by atoms with E-state index in [9.17, 15) is 45.1 Å². The molecule has 1 fully saturated rings. The summed E-state index contributed by atoms with van der Waals surface area (Å²) in [7, 11) is 2.81. The molecule has 4 aromatic rings. The zero-order valence-electron chi connectivity index (χ0n) is 24.2. The van der Waals surface area contributed by atoms with Gasteiger partial charge in [-0.3, -0.25) is 14.8 Å². The van der Waals surface area contributed by atoms with Crippen LogP contribution in [0.1, 0.15) is 5.56 Å². The predicted octanol–water partition coefficient (Wildman–Crippen LogP) is 5.78. The third kappa shape index (κ3) is 6.65. The normalized spacial score (nSPS) is 15.8. The Morgan fingerprint density at radius 2 is 1.52 bits per heavy atom. The monoisotopic (exact) mass is 684 g/mol. The summed E-state index contributed by atoms with van der Waals surface area (Å²) in [5.41, 5.74) is -2.20. The van der Waals surface area contributed by atoms with Gasteiger partial charge in [0.2, 0.25) is 0 Å². The largest absolute Gasteiger partial charge is 0.493 e. The summed E-state index contributed by atoms with van der Waals surface area (Å²) in [6.45, 7) is -2.43. The number of aromatic nitrogens is 2. The van der Waals surface area contributed by atoms with Crippen molar-refractivity contribution in [3.05, 3.63) is 72.7 Å². The molecule has 252 valence electrons. The van der Waals surface area contributed by atoms with Crippen LogP contribution in [0, 0.1) is 0 Å². The van der Waals surface area contributed by atoms with E-state index in [1.807, 2.05) is 0 Å². The number of pyridine rings is 2. The van der Waals surface area contributed by atoms with Crippen LogP contribution in [0.2, 0.25) is 0 Å². The first kappa shape index (κ1) is 33.5. The Labute approximate surface area is 264 Å². The van der Waals surface area contributed by atoms with Crippen molar-refractivity contribution in [2.75, 3.05) is 24.0 Å². The van der Waals surface area contributed by atoms with Gasteiger partial charge in [0, 0.05) is 23.8 Å². The molecule has 0 aliphatic carbocycles. The SMILES string of the molecule is COc1cc2nccc(OC(F)Oc3ccc(N4C(=O)C(OC(=O)C(F)(F)F)N(c5cncc(C(F)(F)F)c5)C4=O)cc3)c2cc1OC. The minimum Gasteiger partial charge on any atom is -0.493 e. The molecule has 1 saturated heterocycles. The van der Waals surface area contributed by atoms with Crippen LogP contribution in [0.3, 0.4) is 0 Å². The van der Waals surface area contributed by atoms with Crippen molar-refractivity contribution in [3.8, 4) is 23.0 Å². The summed E-state index contributed by atoms with van der Waals surface area (Å²) in [5.74, 6) is -4.01. The van der Waals surface area contributed by atoms with Crippen molar-refractivity contribution in [1.82, 2.24) is 9.97 Å². The highest BCUT2D eigenvalue weighted by molar-refractivity contribution is 6.28. The van der Waals surface area contributed by atoms with Crippen LogP contribution in [0.4, 0.5) is 46.9 Å². The average molecular weight is 684 g/mol. The summed E-state index contributed by atoms with van der Waals surface area (Å²) in [4.78, 5) is 45.9. The molecule has 5 rings (SSSR count). The van der Waals surface area contributed by atoms with Crippen LogP contribution in [0.25, 0.3) is 10.9 Å². The second-order valence-corrected chi connectivity index (χ2v) is 9.55. The fraction of sp³-hybridized carbons (Fsp3) is 0.207. The fourth-order valence-corrected chi connectivity index (χ4v) is 4.45. The van der Waals surface area contributed by atoms with Gasteiger partial charge in [-0.25, -0.2) is 19.4 Å². The molecule has 1 aliphatic rings. The number of anilines is 2. The molecule has 3 heterocycles. The molecule has 1 aliphatic heterocycles. The number of urea groups is 1. The number of alkyl halides is 7. The molecule has 2 unspecified atom stereocenters. The maximum atomic E-state index is 14.9. The highest BCUT2D eigenvalue weighted by Crippen LogP contribution is 2.38. The first-order valence-corrected chi connectivity index (χ1v) is 13.2. The van der Waals surface area contributed by atoms with Gasteiger partial charge in [-0.15, -0.1) is 0 Å². The number of imide groups is 1. The van der Waals surface area contributed by atoms with E-state index in [0.29, 0.717) is 40.9 Å². The molecular weight excluding hydrogens is 665 g/mol. The summed E-state index contributed by atoms with van der Waals surface area (Å²) in [5, 5.41) is 0.337. The molecular formula is C29H19F7N4O8. The number of carbonyl (C=O) groups excluding carboxylic acids is 3. The van der Waals surface area contributed by atoms with Crippen molar-refractivity contribution < 1.29 is 68.8 Å². The third-order valence-corrected chi connectivity index (χ3v) is 6.59. The van der Waals surface area contributed by atoms with E-state index in [1.54, 1.807) is 0 Å². The van der Waals surface area contributed by atoms with Crippen LogP contribution in [0.15, 0.2) is 67.1 Å². The van der Waals surface area contributed by atoms with Gasteiger partial charge < -0.3 is 23.7 Å². The summed E-state index contributed by atoms with van der Waals surface area (Å²) in [6, 6.07) is 7.34. The van der Waals surface area contributed by atoms with E-state index >= 15 is 0 Å². The number of methoxy groups -OCH3 is 2. The van der Waals surface area contributed by atoms with Crippen molar-refractivity contribution in [2.24, 2.45) is 0 Å². The maximum Gasteiger partial charge on any atom is 0.491 e. The van der Waals surface area contributed by atoms with E-state index in [4.69, 9.17) is 18.9 Å². The summed E-state index contributed by atoms with van der Waals surface area (Å²) < 4.78 is 119. The van der Waals surface area contributed by atoms with Crippen LogP contribution < -0.4 is 28.7 Å². The van der Waals surface area contributed by atoms with Crippen molar-refractivity contribution in [2.45, 2.75) is 25.1 Å². The zero-order chi connectivity index (χ0) is 35.0. The Hall–Kier alpha value is -5.88. The van der Waals surface area contributed by atoms with Crippen LogP contribution in [-0.2, 0) is 20.5 Å². The Kier molecular flexibility index (Phi) is 8.88. The maximum absolute atomic E-state index is 14.9. The second-order valence-electron chi connectivity index (χ2n) is 9.55. The molecule has 48 heavy (non-hydrogen) atoms. The highest BCUT2D eigenvalue weighted by atomic mass is 19.4. The molecule has 0 spiro atoms. The lowest BCUT2D eigenvalue weighted by atomic mass is 10.2. The first-order valence-electron chi connectivity index (χ1n) is 13.2. The molecule has 0 saturated carbocycles. The quantitative estimate of drug-likeness (QED) is 0.0926. The van der Waals surface area contributed by atoms with Gasteiger partial charge in [0.05, 0.1) is 42.9 Å². The standard InChI is InChI=1S/C29H19F7N4O8/c1-44-21-10-18-19(11-22(21)45-2)38-8-7-20(18)47-26(30)46-17-5-3-15(4-6-17)39-23(41)24(48-25(42)29(34,35)36)40(27(39)43)16-9-14(12-37-13-16)28(31,32)33/h3-13,24,26H,1-2H3. The van der Waals surface area contributed by atoms with Crippen LogP contribution in [-0.4, -0.2) is 61.0 Å². The lowest BCUT2D eigenvalue weighted by molar-refractivity contribution is -0.204. The molecule has 2 atom stereocenters. The first-order chi connectivity index (χ1) is 22.6. The van der Waals surface area contributed by atoms with Gasteiger partial charge in [0.1, 0.15) is 11.5 Å². The third-order valence-electron chi connectivity index (χ3n) is 6.59. The number of benzene rings is 2. The number of fused-ring (bicyclic) bond motifs is 1. The van der Waals surface area contributed by atoms with Crippen LogP contribution >= 0.6 is 0 Å². The van der Waals surface area contributed by atoms with E-state index in [2.05, 4.69) is 14.7 Å². The average Bonchev–Trinajstić information content (AvgIpc) is 3.28. The van der Waals surface area contributed by atoms with Crippen LogP contribution in [0.5, 0.6) is 23.0 Å². The highest BCUT2D eigenvalue weighted by Gasteiger charge is 2.53. The minimum atomic E-state index is -5.63. The van der Waals surface area contributed by atoms with Gasteiger partial charge in [0.15, 0.2) is 11.5 Å². The Morgan fingerprint density at radius 1 is 0.854 bits per heavy atom. The van der Waals surface area contributed by atoms with Gasteiger partial charge >= 0.3 is 30.9 Å². The summed E-state index contributed by atoms with van der Waals surface area (Å²) in [6.07, 6.45) is -10.9. The number of ether oxygens (including phenoxy) is 5. The molecule has 19 heteroatoms. The smallest absolute Gasteiger partial charge is 0.491 e. The predicted molar refractivity (Wildman–Crippen MR) is 148 cm³/mol. The Bertz CT molecular complexity index is 1870. The van der Waals surface area contributed by atoms with Crippen molar-refractivity contribution in [3.63, 3.8) is 0 Å². The number of nitrogens with zero attached hydrogens (tertiary/aromatic N) is 4. The lowest BCUT2D eigenvalue weighted by Gasteiger charge is -2.22. The number of carbonyl (C=O) groups is 3. The molecule has 2 aromatic heterocycles. The van der Waals surface area contributed by atoms with Gasteiger partial charge in [-0.05, 0) is 42.5 Å². The van der Waals surface area contributed by atoms with Gasteiger partial charge in [-0.2, -0.15) is 30.7 Å². The number of hydrogen-bond donors (Lipinski definition) is 0. The number of halogens is 7. The van der Waals surface area contributed by atoms with Gasteiger partial charge in [0.25, 0.3) is 12.1 Å². The van der Waals surface area contributed by atoms with Crippen molar-refractivity contribution >= 4 is 40.2 Å². The molecule has 12 nitrogen and oxygen atoms in total. The fourth-order valence-electron chi connectivity index (χ4n) is 4.45. The molecule has 2 aromatic carbocycles. The van der Waals surface area contributed by atoms with Crippen molar-refractivity contribution in [1.29, 1.82) is 0 Å². The second kappa shape index (κ2) is 12.7. The number of rotatable bonds is 9. The summed E-state index contributed by atoms with van der Waals surface area (Å²) >= 11 is 0. The Balaban J connectivity index is 1.38. The van der Waals surface area contributed by atoms with E-state index in [-0.39, 0.29) is 27.0 Å². The minimum absolute atomic E-state index is 0.00181. The Morgan fingerprint density at radius 3 is 2.15 bits per heavy atom. The molecule has 0 radical (unpaired) electrons. The number of esters is 1.